The molecule has 1 aromatic carbocycles. The van der Waals surface area contributed by atoms with E-state index in [1.807, 2.05) is 0 Å². The van der Waals surface area contributed by atoms with E-state index in [1.165, 1.54) is 18.5 Å². The summed E-state index contributed by atoms with van der Waals surface area (Å²) >= 11 is 0. The molecule has 0 saturated carbocycles. The van der Waals surface area contributed by atoms with Gasteiger partial charge in [-0.25, -0.2) is 9.97 Å². The highest BCUT2D eigenvalue weighted by Crippen LogP contribution is 2.23. The molecule has 1 saturated heterocycles. The van der Waals surface area contributed by atoms with E-state index in [0.717, 1.165) is 18.8 Å². The zero-order valence-corrected chi connectivity index (χ0v) is 10.7. The average Bonchev–Trinajstić information content (AvgIpc) is 2.96. The van der Waals surface area contributed by atoms with Crippen LogP contribution >= 0.6 is 0 Å². The Bertz CT molecular complexity index is 529. The topological polar surface area (TPSA) is 67.1 Å². The average molecular weight is 255 g/mol. The van der Waals surface area contributed by atoms with Gasteiger partial charge in [0.2, 0.25) is 0 Å². The van der Waals surface area contributed by atoms with Gasteiger partial charge < -0.3 is 16.0 Å². The lowest BCUT2D eigenvalue weighted by Crippen LogP contribution is -2.17. The number of anilines is 4. The number of aromatic nitrogens is 2. The monoisotopic (exact) mass is 255 g/mol. The smallest absolute Gasteiger partial charge is 0.149 e. The van der Waals surface area contributed by atoms with Crippen molar-refractivity contribution in [3.8, 4) is 0 Å². The summed E-state index contributed by atoms with van der Waals surface area (Å²) in [5.74, 6) is 1.12. The predicted octanol–water partition coefficient (Wildman–Crippen LogP) is 2.40. The second kappa shape index (κ2) is 5.14. The van der Waals surface area contributed by atoms with Gasteiger partial charge in [0, 0.05) is 24.5 Å². The van der Waals surface area contributed by atoms with Gasteiger partial charge in [0.05, 0.1) is 12.4 Å². The number of nitrogen functional groups attached to an aromatic ring is 1. The molecule has 0 atom stereocenters. The molecular weight excluding hydrogens is 238 g/mol. The molecule has 5 heteroatoms. The highest BCUT2D eigenvalue weighted by atomic mass is 15.1. The van der Waals surface area contributed by atoms with E-state index < -0.39 is 0 Å². The number of nitrogens with two attached hydrogens (primary N) is 1. The first kappa shape index (κ1) is 11.8. The van der Waals surface area contributed by atoms with Gasteiger partial charge in [0.15, 0.2) is 0 Å². The van der Waals surface area contributed by atoms with Crippen molar-refractivity contribution in [2.45, 2.75) is 12.8 Å². The first-order valence-corrected chi connectivity index (χ1v) is 6.51. The molecule has 2 aromatic rings. The lowest BCUT2D eigenvalue weighted by Gasteiger charge is -2.17. The number of benzene rings is 1. The molecule has 3 rings (SSSR count). The number of hydrogen-bond acceptors (Lipinski definition) is 5. The van der Waals surface area contributed by atoms with E-state index in [0.29, 0.717) is 11.6 Å². The molecule has 1 fully saturated rings. The minimum atomic E-state index is 0.426. The van der Waals surface area contributed by atoms with Crippen molar-refractivity contribution in [1.29, 1.82) is 0 Å². The fourth-order valence-corrected chi connectivity index (χ4v) is 2.28. The third-order valence-electron chi connectivity index (χ3n) is 3.28. The van der Waals surface area contributed by atoms with E-state index >= 15 is 0 Å². The molecule has 19 heavy (non-hydrogen) atoms. The van der Waals surface area contributed by atoms with Gasteiger partial charge in [-0.1, -0.05) is 0 Å². The highest BCUT2D eigenvalue weighted by Gasteiger charge is 2.11. The van der Waals surface area contributed by atoms with Crippen LogP contribution in [0.5, 0.6) is 0 Å². The minimum absolute atomic E-state index is 0.426. The molecule has 1 aromatic heterocycles. The van der Waals surface area contributed by atoms with Crippen LogP contribution in [0.15, 0.2) is 36.7 Å². The van der Waals surface area contributed by atoms with E-state index in [2.05, 4.69) is 44.5 Å². The van der Waals surface area contributed by atoms with Crippen molar-refractivity contribution in [3.05, 3.63) is 36.7 Å². The Morgan fingerprint density at radius 2 is 1.74 bits per heavy atom. The number of rotatable bonds is 3. The molecule has 0 spiro atoms. The molecular formula is C14H17N5. The first-order chi connectivity index (χ1) is 9.31. The summed E-state index contributed by atoms with van der Waals surface area (Å²) in [6.45, 7) is 2.33. The van der Waals surface area contributed by atoms with E-state index in [-0.39, 0.29) is 0 Å². The molecule has 5 nitrogen and oxygen atoms in total. The van der Waals surface area contributed by atoms with Crippen LogP contribution in [0.4, 0.5) is 23.0 Å². The van der Waals surface area contributed by atoms with Gasteiger partial charge in [0.25, 0.3) is 0 Å². The van der Waals surface area contributed by atoms with E-state index in [1.54, 1.807) is 12.4 Å². The summed E-state index contributed by atoms with van der Waals surface area (Å²) in [7, 11) is 0. The van der Waals surface area contributed by atoms with Crippen LogP contribution in [-0.4, -0.2) is 23.1 Å². The Morgan fingerprint density at radius 1 is 1.00 bits per heavy atom. The Kier molecular flexibility index (Phi) is 3.18. The molecule has 0 bridgehead atoms. The van der Waals surface area contributed by atoms with Gasteiger partial charge in [-0.05, 0) is 37.1 Å². The third kappa shape index (κ3) is 2.76. The third-order valence-corrected chi connectivity index (χ3v) is 3.28. The van der Waals surface area contributed by atoms with E-state index in [4.69, 9.17) is 5.73 Å². The van der Waals surface area contributed by atoms with Crippen LogP contribution in [-0.2, 0) is 0 Å². The van der Waals surface area contributed by atoms with Gasteiger partial charge in [-0.3, -0.25) is 0 Å². The number of hydrogen-bond donors (Lipinski definition) is 2. The second-order valence-electron chi connectivity index (χ2n) is 4.69. The van der Waals surface area contributed by atoms with Gasteiger partial charge in [-0.15, -0.1) is 0 Å². The normalized spacial score (nSPS) is 14.6. The van der Waals surface area contributed by atoms with Crippen LogP contribution < -0.4 is 16.0 Å². The molecule has 1 aliphatic rings. The maximum atomic E-state index is 5.50. The van der Waals surface area contributed by atoms with Gasteiger partial charge >= 0.3 is 0 Å². The fraction of sp³-hybridized carbons (Fsp3) is 0.286. The first-order valence-electron chi connectivity index (χ1n) is 6.51. The summed E-state index contributed by atoms with van der Waals surface area (Å²) < 4.78 is 0. The molecule has 0 unspecified atom stereocenters. The molecule has 3 N–H and O–H groups in total. The summed E-state index contributed by atoms with van der Waals surface area (Å²) in [6.07, 6.45) is 5.76. The maximum Gasteiger partial charge on any atom is 0.149 e. The highest BCUT2D eigenvalue weighted by molar-refractivity contribution is 5.60. The van der Waals surface area contributed by atoms with Crippen molar-refractivity contribution in [2.75, 3.05) is 29.0 Å². The molecule has 0 radical (unpaired) electrons. The van der Waals surface area contributed by atoms with Gasteiger partial charge in [-0.2, -0.15) is 0 Å². The molecule has 0 amide bonds. The zero-order chi connectivity index (χ0) is 13.1. The standard InChI is InChI=1S/C14H17N5/c15-13-9-17-14(10-16-13)18-11-3-5-12(6-4-11)19-7-1-2-8-19/h3-6,9-10H,1-2,7-8H2,(H2,15,16)(H,17,18). The summed E-state index contributed by atoms with van der Waals surface area (Å²) in [6, 6.07) is 8.40. The minimum Gasteiger partial charge on any atom is -0.382 e. The Morgan fingerprint density at radius 3 is 2.37 bits per heavy atom. The van der Waals surface area contributed by atoms with Crippen molar-refractivity contribution < 1.29 is 0 Å². The Hall–Kier alpha value is -2.30. The molecule has 0 aliphatic carbocycles. The van der Waals surface area contributed by atoms with Gasteiger partial charge in [0.1, 0.15) is 11.6 Å². The molecule has 2 heterocycles. The SMILES string of the molecule is Nc1cnc(Nc2ccc(N3CCCC3)cc2)cn1. The second-order valence-corrected chi connectivity index (χ2v) is 4.69. The van der Waals surface area contributed by atoms with Crippen LogP contribution in [0.2, 0.25) is 0 Å². The molecule has 1 aliphatic heterocycles. The van der Waals surface area contributed by atoms with Crippen molar-refractivity contribution in [2.24, 2.45) is 0 Å². The summed E-state index contributed by atoms with van der Waals surface area (Å²) in [5.41, 5.74) is 7.79. The Labute approximate surface area is 112 Å². The van der Waals surface area contributed by atoms with Crippen LogP contribution in [0.25, 0.3) is 0 Å². The lowest BCUT2D eigenvalue weighted by molar-refractivity contribution is 0.949. The number of nitrogens with zero attached hydrogens (tertiary/aromatic N) is 3. The van der Waals surface area contributed by atoms with Crippen LogP contribution in [0.1, 0.15) is 12.8 Å². The maximum absolute atomic E-state index is 5.50. The zero-order valence-electron chi connectivity index (χ0n) is 10.7. The van der Waals surface area contributed by atoms with E-state index in [9.17, 15) is 0 Å². The summed E-state index contributed by atoms with van der Waals surface area (Å²) in [4.78, 5) is 10.6. The lowest BCUT2D eigenvalue weighted by atomic mass is 10.2. The largest absolute Gasteiger partial charge is 0.382 e. The predicted molar refractivity (Wildman–Crippen MR) is 77.6 cm³/mol. The van der Waals surface area contributed by atoms with Crippen LogP contribution in [0.3, 0.4) is 0 Å². The van der Waals surface area contributed by atoms with Crippen LogP contribution in [0, 0.1) is 0 Å². The quantitative estimate of drug-likeness (QED) is 0.881. The summed E-state index contributed by atoms with van der Waals surface area (Å²) in [5, 5.41) is 3.20. The molecule has 98 valence electrons. The van der Waals surface area contributed by atoms with Crippen molar-refractivity contribution in [3.63, 3.8) is 0 Å². The van der Waals surface area contributed by atoms with Crippen molar-refractivity contribution >= 4 is 23.0 Å². The van der Waals surface area contributed by atoms with Crippen molar-refractivity contribution in [1.82, 2.24) is 9.97 Å². The Balaban J connectivity index is 1.70. The number of nitrogens with one attached hydrogen (secondary N) is 1. The fourth-order valence-electron chi connectivity index (χ4n) is 2.28.